The fourth-order valence-electron chi connectivity index (χ4n) is 2.70. The number of pyridine rings is 1. The predicted molar refractivity (Wildman–Crippen MR) is 118 cm³/mol. The lowest BCUT2D eigenvalue weighted by atomic mass is 10.1. The number of nitrogens with zero attached hydrogens (tertiary/aromatic N) is 4. The number of methoxy groups -OCH3 is 1. The third-order valence-corrected chi connectivity index (χ3v) is 4.82. The molecule has 0 atom stereocenters. The highest BCUT2D eigenvalue weighted by atomic mass is 79.9. The summed E-state index contributed by atoms with van der Waals surface area (Å²) in [5, 5.41) is 3.42. The summed E-state index contributed by atoms with van der Waals surface area (Å²) in [6, 6.07) is 2.22. The van der Waals surface area contributed by atoms with E-state index in [-0.39, 0.29) is 6.10 Å². The van der Waals surface area contributed by atoms with Crippen LogP contribution in [0.3, 0.4) is 0 Å². The van der Waals surface area contributed by atoms with Crippen LogP contribution in [-0.2, 0) is 0 Å². The van der Waals surface area contributed by atoms with Gasteiger partial charge in [-0.25, -0.2) is 9.97 Å². The zero-order valence-electron chi connectivity index (χ0n) is 17.7. The molecule has 0 amide bonds. The van der Waals surface area contributed by atoms with E-state index in [1.54, 1.807) is 13.3 Å². The van der Waals surface area contributed by atoms with E-state index < -0.39 is 0 Å². The van der Waals surface area contributed by atoms with Gasteiger partial charge >= 0.3 is 0 Å². The number of rotatable bonds is 9. The maximum absolute atomic E-state index is 6.04. The van der Waals surface area contributed by atoms with Crippen molar-refractivity contribution >= 4 is 27.6 Å². The van der Waals surface area contributed by atoms with Crippen LogP contribution in [0.4, 0.5) is 11.6 Å². The summed E-state index contributed by atoms with van der Waals surface area (Å²) in [6.45, 7) is 8.26. The zero-order valence-corrected chi connectivity index (χ0v) is 19.3. The summed E-state index contributed by atoms with van der Waals surface area (Å²) in [7, 11) is 5.47. The molecule has 0 unspecified atom stereocenters. The lowest BCUT2D eigenvalue weighted by molar-refractivity contribution is 0.243. The average Bonchev–Trinajstić information content (AvgIpc) is 2.66. The number of ether oxygens (including phenoxy) is 2. The molecule has 0 saturated carbocycles. The molecule has 0 fully saturated rings. The second-order valence-electron chi connectivity index (χ2n) is 6.98. The largest absolute Gasteiger partial charge is 0.490 e. The minimum Gasteiger partial charge on any atom is -0.490 e. The van der Waals surface area contributed by atoms with Crippen LogP contribution in [0.2, 0.25) is 0 Å². The first-order valence-electron chi connectivity index (χ1n) is 9.53. The number of nitrogens with one attached hydrogen (secondary N) is 1. The molecule has 2 aromatic heterocycles. The molecule has 28 heavy (non-hydrogen) atoms. The number of halogens is 1. The minimum absolute atomic E-state index is 0.00867. The topological polar surface area (TPSA) is 72.4 Å². The highest BCUT2D eigenvalue weighted by molar-refractivity contribution is 9.10. The lowest BCUT2D eigenvalue weighted by Gasteiger charge is -2.20. The van der Waals surface area contributed by atoms with Crippen molar-refractivity contribution in [1.82, 2.24) is 15.0 Å². The Balaban J connectivity index is 2.56. The van der Waals surface area contributed by atoms with Crippen LogP contribution in [0.5, 0.6) is 11.6 Å². The Morgan fingerprint density at radius 2 is 1.86 bits per heavy atom. The smallest absolute Gasteiger partial charge is 0.242 e. The molecule has 8 heteroatoms. The Morgan fingerprint density at radius 3 is 2.39 bits per heavy atom. The molecule has 7 nitrogen and oxygen atoms in total. The number of hydrogen-bond acceptors (Lipinski definition) is 7. The van der Waals surface area contributed by atoms with Crippen LogP contribution in [0.1, 0.15) is 40.5 Å². The first kappa shape index (κ1) is 22.2. The highest BCUT2D eigenvalue weighted by Crippen LogP contribution is 2.38. The van der Waals surface area contributed by atoms with Crippen LogP contribution < -0.4 is 19.7 Å². The van der Waals surface area contributed by atoms with Crippen LogP contribution in [0.15, 0.2) is 16.9 Å². The summed E-state index contributed by atoms with van der Waals surface area (Å²) >= 11 is 3.55. The fraction of sp³-hybridized carbons (Fsp3) is 0.550. The van der Waals surface area contributed by atoms with Gasteiger partial charge in [-0.2, -0.15) is 4.98 Å². The predicted octanol–water partition coefficient (Wildman–Crippen LogP) is 4.76. The number of aromatic nitrogens is 3. The third-order valence-electron chi connectivity index (χ3n) is 4.27. The van der Waals surface area contributed by atoms with Gasteiger partial charge < -0.3 is 19.7 Å². The number of anilines is 2. The number of hydrogen-bond donors (Lipinski definition) is 1. The maximum atomic E-state index is 6.04. The van der Waals surface area contributed by atoms with E-state index in [4.69, 9.17) is 14.5 Å². The van der Waals surface area contributed by atoms with Gasteiger partial charge in [-0.15, -0.1) is 0 Å². The average molecular weight is 452 g/mol. The van der Waals surface area contributed by atoms with Crippen LogP contribution in [0, 0.1) is 0 Å². The molecule has 2 aromatic rings. The molecular formula is C20H30BrN5O2. The first-order chi connectivity index (χ1) is 13.3. The molecule has 0 aromatic carbocycles. The van der Waals surface area contributed by atoms with Gasteiger partial charge in [-0.05, 0) is 42.6 Å². The Morgan fingerprint density at radius 1 is 1.18 bits per heavy atom. The molecule has 0 aliphatic heterocycles. The first-order valence-corrected chi connectivity index (χ1v) is 10.3. The van der Waals surface area contributed by atoms with Gasteiger partial charge in [0, 0.05) is 32.4 Å². The molecule has 0 aliphatic carbocycles. The standard InChI is InChI=1S/C20H30BrN5O2/c1-8-13(9-2)23-19-18(21)24-17(20(25-19)27-7)14-11-22-16(26(5)6)10-15(14)28-12(3)4/h10-13H,8-9H2,1-7H3,(H,23,25). The molecule has 154 valence electrons. The van der Waals surface area contributed by atoms with Gasteiger partial charge in [0.25, 0.3) is 0 Å². The molecule has 0 saturated heterocycles. The Bertz CT molecular complexity index is 794. The molecule has 2 heterocycles. The minimum atomic E-state index is 0.00867. The normalized spacial score (nSPS) is 11.1. The summed E-state index contributed by atoms with van der Waals surface area (Å²) in [6.07, 6.45) is 3.75. The van der Waals surface area contributed by atoms with Crippen molar-refractivity contribution in [3.63, 3.8) is 0 Å². The third kappa shape index (κ3) is 5.25. The van der Waals surface area contributed by atoms with Crippen molar-refractivity contribution in [2.75, 3.05) is 31.4 Å². The van der Waals surface area contributed by atoms with Gasteiger partial charge in [0.15, 0.2) is 5.82 Å². The SMILES string of the molecule is CCC(CC)Nc1nc(OC)c(-c2cnc(N(C)C)cc2OC(C)C)nc1Br. The monoisotopic (exact) mass is 451 g/mol. The lowest BCUT2D eigenvalue weighted by Crippen LogP contribution is -2.19. The second-order valence-corrected chi connectivity index (χ2v) is 7.73. The second kappa shape index (κ2) is 9.91. The van der Waals surface area contributed by atoms with Crippen LogP contribution >= 0.6 is 15.9 Å². The summed E-state index contributed by atoms with van der Waals surface area (Å²) < 4.78 is 12.2. The Hall–Kier alpha value is -2.09. The van der Waals surface area contributed by atoms with Crippen molar-refractivity contribution < 1.29 is 9.47 Å². The Kier molecular flexibility index (Phi) is 7.86. The fourth-order valence-corrected chi connectivity index (χ4v) is 3.08. The van der Waals surface area contributed by atoms with Crippen molar-refractivity contribution in [2.45, 2.75) is 52.7 Å². The molecule has 0 aliphatic rings. The Labute approximate surface area is 176 Å². The van der Waals surface area contributed by atoms with Crippen molar-refractivity contribution in [1.29, 1.82) is 0 Å². The van der Waals surface area contributed by atoms with Crippen molar-refractivity contribution in [2.24, 2.45) is 0 Å². The van der Waals surface area contributed by atoms with E-state index >= 15 is 0 Å². The van der Waals surface area contributed by atoms with E-state index in [1.165, 1.54) is 0 Å². The summed E-state index contributed by atoms with van der Waals surface area (Å²) in [4.78, 5) is 15.8. The zero-order chi connectivity index (χ0) is 20.8. The highest BCUT2D eigenvalue weighted by Gasteiger charge is 2.21. The molecule has 0 spiro atoms. The van der Waals surface area contributed by atoms with E-state index in [0.717, 1.165) is 24.2 Å². The molecule has 0 bridgehead atoms. The van der Waals surface area contributed by atoms with Crippen molar-refractivity contribution in [3.8, 4) is 22.9 Å². The van der Waals surface area contributed by atoms with Gasteiger partial charge in [-0.1, -0.05) is 13.8 Å². The van der Waals surface area contributed by atoms with E-state index in [2.05, 4.69) is 45.1 Å². The van der Waals surface area contributed by atoms with Crippen LogP contribution in [-0.4, -0.2) is 48.3 Å². The molecule has 1 N–H and O–H groups in total. The van der Waals surface area contributed by atoms with E-state index in [9.17, 15) is 0 Å². The van der Waals surface area contributed by atoms with Gasteiger partial charge in [0.05, 0.1) is 18.8 Å². The van der Waals surface area contributed by atoms with Gasteiger partial charge in [-0.3, -0.25) is 0 Å². The summed E-state index contributed by atoms with van der Waals surface area (Å²) in [5.41, 5.74) is 1.32. The van der Waals surface area contributed by atoms with Crippen LogP contribution in [0.25, 0.3) is 11.3 Å². The molecular weight excluding hydrogens is 422 g/mol. The molecule has 0 radical (unpaired) electrons. The summed E-state index contributed by atoms with van der Waals surface area (Å²) in [5.74, 6) is 2.58. The van der Waals surface area contributed by atoms with E-state index in [1.807, 2.05) is 38.9 Å². The van der Waals surface area contributed by atoms with Gasteiger partial charge in [0.1, 0.15) is 21.9 Å². The quantitative estimate of drug-likeness (QED) is 0.588. The van der Waals surface area contributed by atoms with Gasteiger partial charge in [0.2, 0.25) is 5.88 Å². The van der Waals surface area contributed by atoms with Crippen molar-refractivity contribution in [3.05, 3.63) is 16.9 Å². The van der Waals surface area contributed by atoms with E-state index in [0.29, 0.717) is 33.8 Å². The maximum Gasteiger partial charge on any atom is 0.242 e. The molecule has 2 rings (SSSR count).